The molecule has 0 saturated heterocycles. The van der Waals surface area contributed by atoms with Gasteiger partial charge in [-0.3, -0.25) is 0 Å². The first-order valence-electron chi connectivity index (χ1n) is 11.9. The predicted octanol–water partition coefficient (Wildman–Crippen LogP) is 7.37. The molecule has 0 saturated carbocycles. The Kier molecular flexibility index (Phi) is 5.95. The Hall–Kier alpha value is -3.51. The van der Waals surface area contributed by atoms with Crippen molar-refractivity contribution in [3.63, 3.8) is 0 Å². The van der Waals surface area contributed by atoms with Crippen molar-refractivity contribution in [3.05, 3.63) is 87.6 Å². The van der Waals surface area contributed by atoms with Crippen LogP contribution in [-0.4, -0.2) is 25.8 Å². The molecule has 5 rings (SSSR count). The third-order valence-electron chi connectivity index (χ3n) is 7.09. The van der Waals surface area contributed by atoms with Gasteiger partial charge in [0.2, 0.25) is 0 Å². The number of allylic oxidation sites excluding steroid dienone is 1. The highest BCUT2D eigenvalue weighted by Crippen LogP contribution is 2.45. The highest BCUT2D eigenvalue weighted by atomic mass is 35.5. The minimum atomic E-state index is -0.947. The lowest BCUT2D eigenvalue weighted by Gasteiger charge is -2.36. The van der Waals surface area contributed by atoms with Crippen LogP contribution in [0.4, 0.5) is 4.39 Å². The summed E-state index contributed by atoms with van der Waals surface area (Å²) in [6.45, 7) is 8.42. The zero-order valence-corrected chi connectivity index (χ0v) is 21.4. The van der Waals surface area contributed by atoms with Crippen LogP contribution in [0.2, 0.25) is 5.15 Å². The standard InChI is InChI=1S/C29H27ClFN3O2/c1-16-22(27(30)34(33-16)20-11-9-19(31)10-12-20)14-17-13-18(29(2,3)4)15-23-25(28(35)36)21-7-5-6-8-24(21)32-26(17)23/h5-12,14,18H,13,15H2,1-4H3,(H,35,36). The normalized spacial score (nSPS) is 16.9. The fraction of sp³-hybridized carbons (Fsp3) is 0.276. The van der Waals surface area contributed by atoms with E-state index in [4.69, 9.17) is 16.6 Å². The van der Waals surface area contributed by atoms with Crippen LogP contribution in [0.3, 0.4) is 0 Å². The molecular weight excluding hydrogens is 477 g/mol. The van der Waals surface area contributed by atoms with E-state index in [1.165, 1.54) is 12.1 Å². The summed E-state index contributed by atoms with van der Waals surface area (Å²) in [5, 5.41) is 15.9. The minimum Gasteiger partial charge on any atom is -0.478 e. The third-order valence-corrected chi connectivity index (χ3v) is 7.45. The van der Waals surface area contributed by atoms with E-state index in [-0.39, 0.29) is 17.2 Å². The Morgan fingerprint density at radius 2 is 1.83 bits per heavy atom. The van der Waals surface area contributed by atoms with Gasteiger partial charge in [0.1, 0.15) is 11.0 Å². The molecule has 0 fully saturated rings. The first-order chi connectivity index (χ1) is 17.0. The van der Waals surface area contributed by atoms with E-state index in [1.54, 1.807) is 16.8 Å². The lowest BCUT2D eigenvalue weighted by atomic mass is 9.69. The van der Waals surface area contributed by atoms with Gasteiger partial charge in [-0.05, 0) is 78.6 Å². The van der Waals surface area contributed by atoms with Crippen LogP contribution in [0.25, 0.3) is 28.2 Å². The smallest absolute Gasteiger partial charge is 0.336 e. The van der Waals surface area contributed by atoms with E-state index in [2.05, 4.69) is 25.9 Å². The molecule has 1 aliphatic rings. The summed E-state index contributed by atoms with van der Waals surface area (Å²) in [4.78, 5) is 17.4. The maximum atomic E-state index is 13.4. The van der Waals surface area contributed by atoms with E-state index in [0.29, 0.717) is 39.4 Å². The fourth-order valence-corrected chi connectivity index (χ4v) is 5.31. The van der Waals surface area contributed by atoms with Crippen molar-refractivity contribution < 1.29 is 14.3 Å². The van der Waals surface area contributed by atoms with Crippen molar-refractivity contribution in [3.8, 4) is 5.69 Å². The van der Waals surface area contributed by atoms with Gasteiger partial charge in [0.15, 0.2) is 0 Å². The van der Waals surface area contributed by atoms with Gasteiger partial charge in [-0.25, -0.2) is 18.9 Å². The van der Waals surface area contributed by atoms with E-state index in [9.17, 15) is 14.3 Å². The summed E-state index contributed by atoms with van der Waals surface area (Å²) in [6.07, 6.45) is 3.37. The molecule has 2 heterocycles. The molecule has 0 aliphatic heterocycles. The Morgan fingerprint density at radius 1 is 1.14 bits per heavy atom. The van der Waals surface area contributed by atoms with Crippen LogP contribution in [-0.2, 0) is 6.42 Å². The number of aromatic nitrogens is 3. The van der Waals surface area contributed by atoms with Gasteiger partial charge in [0, 0.05) is 10.9 Å². The fourth-order valence-electron chi connectivity index (χ4n) is 4.98. The number of hydrogen-bond acceptors (Lipinski definition) is 3. The predicted molar refractivity (Wildman–Crippen MR) is 141 cm³/mol. The molecule has 1 aliphatic carbocycles. The number of para-hydroxylation sites is 1. The summed E-state index contributed by atoms with van der Waals surface area (Å²) >= 11 is 6.80. The molecule has 2 aromatic carbocycles. The average Bonchev–Trinajstić information content (AvgIpc) is 3.10. The number of rotatable bonds is 3. The number of halogens is 2. The molecule has 2 aromatic heterocycles. The zero-order chi connectivity index (χ0) is 25.8. The monoisotopic (exact) mass is 503 g/mol. The Morgan fingerprint density at radius 3 is 2.50 bits per heavy atom. The number of benzene rings is 2. The molecule has 0 radical (unpaired) electrons. The van der Waals surface area contributed by atoms with Crippen LogP contribution in [0.5, 0.6) is 0 Å². The second kappa shape index (κ2) is 8.86. The number of carboxylic acid groups (broad SMARTS) is 1. The van der Waals surface area contributed by atoms with Crippen molar-refractivity contribution in [2.45, 2.75) is 40.5 Å². The molecule has 36 heavy (non-hydrogen) atoms. The zero-order valence-electron chi connectivity index (χ0n) is 20.6. The summed E-state index contributed by atoms with van der Waals surface area (Å²) in [5.41, 5.74) is 5.44. The third kappa shape index (κ3) is 4.20. The number of hydrogen-bond donors (Lipinski definition) is 1. The molecule has 4 aromatic rings. The van der Waals surface area contributed by atoms with Crippen LogP contribution < -0.4 is 0 Å². The first kappa shape index (κ1) is 24.2. The van der Waals surface area contributed by atoms with E-state index in [0.717, 1.165) is 28.8 Å². The molecule has 184 valence electrons. The van der Waals surface area contributed by atoms with Gasteiger partial charge in [-0.2, -0.15) is 5.10 Å². The van der Waals surface area contributed by atoms with Crippen molar-refractivity contribution >= 4 is 40.1 Å². The SMILES string of the molecule is Cc1nn(-c2ccc(F)cc2)c(Cl)c1C=C1CC(C(C)(C)C)Cc2c1nc1ccccc1c2C(=O)O. The molecule has 0 spiro atoms. The maximum Gasteiger partial charge on any atom is 0.336 e. The molecule has 5 nitrogen and oxygen atoms in total. The van der Waals surface area contributed by atoms with Gasteiger partial charge in [-0.15, -0.1) is 0 Å². The van der Waals surface area contributed by atoms with Crippen molar-refractivity contribution in [1.82, 2.24) is 14.8 Å². The summed E-state index contributed by atoms with van der Waals surface area (Å²) in [7, 11) is 0. The van der Waals surface area contributed by atoms with Crippen LogP contribution in [0.15, 0.2) is 48.5 Å². The largest absolute Gasteiger partial charge is 0.478 e. The Labute approximate surface area is 214 Å². The highest BCUT2D eigenvalue weighted by Gasteiger charge is 2.35. The Bertz CT molecular complexity index is 1530. The van der Waals surface area contributed by atoms with Gasteiger partial charge in [-0.1, -0.05) is 50.6 Å². The number of fused-ring (bicyclic) bond motifs is 2. The molecule has 1 atom stereocenters. The lowest BCUT2D eigenvalue weighted by Crippen LogP contribution is -2.28. The molecule has 1 unspecified atom stereocenters. The molecule has 7 heteroatoms. The average molecular weight is 504 g/mol. The van der Waals surface area contributed by atoms with Crippen molar-refractivity contribution in [2.75, 3.05) is 0 Å². The minimum absolute atomic E-state index is 0.0463. The summed E-state index contributed by atoms with van der Waals surface area (Å²) < 4.78 is 15.0. The maximum absolute atomic E-state index is 13.4. The van der Waals surface area contributed by atoms with E-state index in [1.807, 2.05) is 37.3 Å². The van der Waals surface area contributed by atoms with Gasteiger partial charge >= 0.3 is 5.97 Å². The van der Waals surface area contributed by atoms with Crippen LogP contribution in [0.1, 0.15) is 60.1 Å². The second-order valence-electron chi connectivity index (χ2n) is 10.5. The number of aryl methyl sites for hydroxylation is 1. The first-order valence-corrected chi connectivity index (χ1v) is 12.3. The number of carboxylic acids is 1. The number of carbonyl (C=O) groups is 1. The van der Waals surface area contributed by atoms with E-state index < -0.39 is 5.97 Å². The topological polar surface area (TPSA) is 68.0 Å². The number of aromatic carboxylic acids is 1. The van der Waals surface area contributed by atoms with Crippen molar-refractivity contribution in [1.29, 1.82) is 0 Å². The lowest BCUT2D eigenvalue weighted by molar-refractivity contribution is 0.0696. The molecular formula is C29H27ClFN3O2. The molecule has 0 bridgehead atoms. The van der Waals surface area contributed by atoms with E-state index >= 15 is 0 Å². The number of pyridine rings is 1. The Balaban J connectivity index is 1.74. The van der Waals surface area contributed by atoms with Gasteiger partial charge in [0.25, 0.3) is 0 Å². The highest BCUT2D eigenvalue weighted by molar-refractivity contribution is 6.31. The quantitative estimate of drug-likeness (QED) is 0.317. The van der Waals surface area contributed by atoms with Gasteiger partial charge in [0.05, 0.1) is 28.2 Å². The van der Waals surface area contributed by atoms with Gasteiger partial charge < -0.3 is 5.11 Å². The summed E-state index contributed by atoms with van der Waals surface area (Å²) in [6, 6.07) is 13.4. The molecule has 0 amide bonds. The molecule has 1 N–H and O–H groups in total. The summed E-state index contributed by atoms with van der Waals surface area (Å²) in [5.74, 6) is -1.07. The number of nitrogens with zero attached hydrogens (tertiary/aromatic N) is 3. The van der Waals surface area contributed by atoms with Crippen LogP contribution >= 0.6 is 11.6 Å². The second-order valence-corrected chi connectivity index (χ2v) is 10.8. The van der Waals surface area contributed by atoms with Crippen molar-refractivity contribution in [2.24, 2.45) is 11.3 Å². The van der Waals surface area contributed by atoms with Crippen LogP contribution in [0, 0.1) is 24.1 Å².